The number of ether oxygens (including phenoxy) is 2. The Hall–Kier alpha value is -2.22. The molecular weight excluding hydrogens is 312 g/mol. The molecule has 1 N–H and O–H groups in total. The summed E-state index contributed by atoms with van der Waals surface area (Å²) in [5.41, 5.74) is -1.28. The minimum absolute atomic E-state index is 0.0722. The molecule has 0 aliphatic carbocycles. The van der Waals surface area contributed by atoms with E-state index in [0.717, 1.165) is 12.0 Å². The van der Waals surface area contributed by atoms with E-state index in [0.29, 0.717) is 5.56 Å². The predicted octanol–water partition coefficient (Wildman–Crippen LogP) is 2.13. The number of aliphatic carboxylic acids is 1. The van der Waals surface area contributed by atoms with Gasteiger partial charge in [0.05, 0.1) is 6.54 Å². The molecule has 6 nitrogen and oxygen atoms in total. The SMILES string of the molecule is CO[C@@]1(C(F)F)C[C@@H](C(=O)O)N(C(=O)OCc2ccccc2)C1. The van der Waals surface area contributed by atoms with Crippen LogP contribution in [0.3, 0.4) is 0 Å². The summed E-state index contributed by atoms with van der Waals surface area (Å²) in [5, 5.41) is 9.18. The molecule has 2 atom stereocenters. The molecule has 126 valence electrons. The van der Waals surface area contributed by atoms with Crippen LogP contribution in [0.4, 0.5) is 13.6 Å². The fourth-order valence-electron chi connectivity index (χ4n) is 2.51. The molecule has 1 aromatic rings. The number of hydrogen-bond donors (Lipinski definition) is 1. The van der Waals surface area contributed by atoms with Crippen molar-refractivity contribution in [2.24, 2.45) is 0 Å². The first-order valence-electron chi connectivity index (χ1n) is 6.93. The van der Waals surface area contributed by atoms with Crippen LogP contribution in [0.25, 0.3) is 0 Å². The molecule has 0 saturated carbocycles. The van der Waals surface area contributed by atoms with Gasteiger partial charge in [-0.15, -0.1) is 0 Å². The second-order valence-electron chi connectivity index (χ2n) is 5.30. The Morgan fingerprint density at radius 3 is 2.57 bits per heavy atom. The monoisotopic (exact) mass is 329 g/mol. The minimum Gasteiger partial charge on any atom is -0.480 e. The fraction of sp³-hybridized carbons (Fsp3) is 0.467. The Bertz CT molecular complexity index is 568. The normalized spacial score (nSPS) is 24.0. The Labute approximate surface area is 131 Å². The number of nitrogens with zero attached hydrogens (tertiary/aromatic N) is 1. The number of rotatable bonds is 5. The van der Waals surface area contributed by atoms with E-state index in [1.807, 2.05) is 0 Å². The number of benzene rings is 1. The van der Waals surface area contributed by atoms with Crippen molar-refractivity contribution in [3.63, 3.8) is 0 Å². The van der Waals surface area contributed by atoms with Crippen LogP contribution in [0.15, 0.2) is 30.3 Å². The topological polar surface area (TPSA) is 76.1 Å². The Balaban J connectivity index is 2.09. The lowest BCUT2D eigenvalue weighted by atomic mass is 10.0. The molecule has 1 heterocycles. The number of carbonyl (C=O) groups excluding carboxylic acids is 1. The summed E-state index contributed by atoms with van der Waals surface area (Å²) in [7, 11) is 1.07. The van der Waals surface area contributed by atoms with Gasteiger partial charge in [-0.1, -0.05) is 30.3 Å². The zero-order valence-corrected chi connectivity index (χ0v) is 12.4. The van der Waals surface area contributed by atoms with Crippen LogP contribution in [0.2, 0.25) is 0 Å². The summed E-state index contributed by atoms with van der Waals surface area (Å²) in [4.78, 5) is 24.1. The highest BCUT2D eigenvalue weighted by Gasteiger charge is 2.55. The van der Waals surface area contributed by atoms with Gasteiger partial charge in [0.25, 0.3) is 6.43 Å². The van der Waals surface area contributed by atoms with Crippen molar-refractivity contribution in [3.05, 3.63) is 35.9 Å². The van der Waals surface area contributed by atoms with Gasteiger partial charge in [-0.05, 0) is 5.56 Å². The van der Waals surface area contributed by atoms with E-state index in [4.69, 9.17) is 9.47 Å². The van der Waals surface area contributed by atoms with Gasteiger partial charge < -0.3 is 14.6 Å². The average molecular weight is 329 g/mol. The average Bonchev–Trinajstić information content (AvgIpc) is 2.95. The first kappa shape index (κ1) is 17.1. The van der Waals surface area contributed by atoms with E-state index in [1.165, 1.54) is 0 Å². The van der Waals surface area contributed by atoms with Crippen molar-refractivity contribution < 1.29 is 33.0 Å². The van der Waals surface area contributed by atoms with Gasteiger partial charge in [0.1, 0.15) is 18.2 Å². The number of carboxylic acids is 1. The number of methoxy groups -OCH3 is 1. The van der Waals surface area contributed by atoms with Crippen LogP contribution >= 0.6 is 0 Å². The van der Waals surface area contributed by atoms with Crippen molar-refractivity contribution in [2.75, 3.05) is 13.7 Å². The number of likely N-dealkylation sites (tertiary alicyclic amines) is 1. The highest BCUT2D eigenvalue weighted by atomic mass is 19.3. The van der Waals surface area contributed by atoms with E-state index >= 15 is 0 Å². The number of amides is 1. The summed E-state index contributed by atoms with van der Waals surface area (Å²) in [6.45, 7) is -0.608. The third kappa shape index (κ3) is 3.58. The predicted molar refractivity (Wildman–Crippen MR) is 75.1 cm³/mol. The second-order valence-corrected chi connectivity index (χ2v) is 5.30. The molecule has 0 radical (unpaired) electrons. The lowest BCUT2D eigenvalue weighted by Crippen LogP contribution is -2.44. The van der Waals surface area contributed by atoms with Crippen molar-refractivity contribution in [2.45, 2.75) is 31.1 Å². The molecule has 23 heavy (non-hydrogen) atoms. The van der Waals surface area contributed by atoms with Crippen molar-refractivity contribution in [1.29, 1.82) is 0 Å². The maximum Gasteiger partial charge on any atom is 0.410 e. The van der Waals surface area contributed by atoms with E-state index < -0.39 is 43.1 Å². The van der Waals surface area contributed by atoms with Gasteiger partial charge in [-0.25, -0.2) is 18.4 Å². The molecule has 0 unspecified atom stereocenters. The second kappa shape index (κ2) is 6.91. The highest BCUT2D eigenvalue weighted by molar-refractivity contribution is 5.81. The quantitative estimate of drug-likeness (QED) is 0.895. The molecule has 0 bridgehead atoms. The van der Waals surface area contributed by atoms with E-state index in [1.54, 1.807) is 30.3 Å². The lowest BCUT2D eigenvalue weighted by molar-refractivity contribution is -0.142. The molecule has 1 aromatic carbocycles. The van der Waals surface area contributed by atoms with Gasteiger partial charge in [0.2, 0.25) is 0 Å². The largest absolute Gasteiger partial charge is 0.480 e. The highest BCUT2D eigenvalue weighted by Crippen LogP contribution is 2.35. The van der Waals surface area contributed by atoms with Gasteiger partial charge in [0.15, 0.2) is 0 Å². The van der Waals surface area contributed by atoms with Crippen LogP contribution in [-0.2, 0) is 20.9 Å². The van der Waals surface area contributed by atoms with Gasteiger partial charge in [-0.3, -0.25) is 4.90 Å². The summed E-state index contributed by atoms with van der Waals surface area (Å²) >= 11 is 0. The first-order valence-corrected chi connectivity index (χ1v) is 6.93. The molecule has 0 aromatic heterocycles. The van der Waals surface area contributed by atoms with E-state index in [9.17, 15) is 23.5 Å². The summed E-state index contributed by atoms with van der Waals surface area (Å²) in [6, 6.07) is 7.35. The maximum absolute atomic E-state index is 13.2. The smallest absolute Gasteiger partial charge is 0.410 e. The first-order chi connectivity index (χ1) is 10.9. The van der Waals surface area contributed by atoms with Gasteiger partial charge in [0, 0.05) is 13.5 Å². The van der Waals surface area contributed by atoms with Crippen LogP contribution < -0.4 is 0 Å². The number of hydrogen-bond acceptors (Lipinski definition) is 4. The summed E-state index contributed by atoms with van der Waals surface area (Å²) in [5.74, 6) is -1.37. The van der Waals surface area contributed by atoms with Gasteiger partial charge >= 0.3 is 12.1 Å². The standard InChI is InChI=1S/C15H17F2NO5/c1-22-15(13(16)17)7-11(12(19)20)18(9-15)14(21)23-8-10-5-3-2-4-6-10/h2-6,11,13H,7-9H2,1H3,(H,19,20)/t11-,15-/m0/s1. The zero-order chi connectivity index (χ0) is 17.0. The maximum atomic E-state index is 13.2. The molecular formula is C15H17F2NO5. The van der Waals surface area contributed by atoms with Crippen molar-refractivity contribution in [3.8, 4) is 0 Å². The van der Waals surface area contributed by atoms with Crippen LogP contribution in [0, 0.1) is 0 Å². The number of halogens is 2. The van der Waals surface area contributed by atoms with Crippen molar-refractivity contribution >= 4 is 12.1 Å². The Morgan fingerprint density at radius 2 is 2.04 bits per heavy atom. The third-order valence-corrected chi connectivity index (χ3v) is 3.88. The molecule has 1 aliphatic heterocycles. The van der Waals surface area contributed by atoms with Crippen LogP contribution in [-0.4, -0.2) is 53.8 Å². The third-order valence-electron chi connectivity index (χ3n) is 3.88. The fourth-order valence-corrected chi connectivity index (χ4v) is 2.51. The molecule has 0 spiro atoms. The summed E-state index contributed by atoms with van der Waals surface area (Å²) < 4.78 is 36.3. The molecule has 2 rings (SSSR count). The summed E-state index contributed by atoms with van der Waals surface area (Å²) in [6.07, 6.45) is -4.36. The van der Waals surface area contributed by atoms with Crippen molar-refractivity contribution in [1.82, 2.24) is 4.90 Å². The molecule has 1 fully saturated rings. The van der Waals surface area contributed by atoms with E-state index in [-0.39, 0.29) is 6.61 Å². The van der Waals surface area contributed by atoms with Gasteiger partial charge in [-0.2, -0.15) is 0 Å². The Morgan fingerprint density at radius 1 is 1.39 bits per heavy atom. The van der Waals surface area contributed by atoms with E-state index in [2.05, 4.69) is 0 Å². The number of alkyl halides is 2. The molecule has 1 amide bonds. The number of carboxylic acid groups (broad SMARTS) is 1. The number of carbonyl (C=O) groups is 2. The van der Waals surface area contributed by atoms with Crippen LogP contribution in [0.5, 0.6) is 0 Å². The molecule has 1 saturated heterocycles. The molecule has 8 heteroatoms. The molecule has 1 aliphatic rings. The Kier molecular flexibility index (Phi) is 5.15. The minimum atomic E-state index is -2.92. The lowest BCUT2D eigenvalue weighted by Gasteiger charge is -2.26. The van der Waals surface area contributed by atoms with Crippen LogP contribution in [0.1, 0.15) is 12.0 Å². The zero-order valence-electron chi connectivity index (χ0n) is 12.4.